The average molecular weight is 310 g/mol. The maximum Gasteiger partial charge on any atom is 0.230 e. The average Bonchev–Trinajstić information content (AvgIpc) is 2.75. The van der Waals surface area contributed by atoms with Crippen molar-refractivity contribution in [1.29, 1.82) is 0 Å². The van der Waals surface area contributed by atoms with Gasteiger partial charge in [0.1, 0.15) is 0 Å². The third-order valence-electron chi connectivity index (χ3n) is 2.32. The van der Waals surface area contributed by atoms with Crippen LogP contribution in [0.3, 0.4) is 0 Å². The quantitative estimate of drug-likeness (QED) is 0.672. The number of hydrogen-bond donors (Lipinski definition) is 0. The molecule has 17 heavy (non-hydrogen) atoms. The zero-order valence-corrected chi connectivity index (χ0v) is 10.9. The number of benzene rings is 1. The van der Waals surface area contributed by atoms with Crippen LogP contribution in [-0.4, -0.2) is 9.97 Å². The van der Waals surface area contributed by atoms with Crippen molar-refractivity contribution < 1.29 is 4.42 Å². The first kappa shape index (κ1) is 10.7. The summed E-state index contributed by atoms with van der Waals surface area (Å²) in [6.45, 7) is 0. The van der Waals surface area contributed by atoms with Crippen LogP contribution in [0.4, 0.5) is 0 Å². The van der Waals surface area contributed by atoms with Gasteiger partial charge in [-0.05, 0) is 30.3 Å². The van der Waals surface area contributed by atoms with Crippen molar-refractivity contribution in [3.05, 3.63) is 46.0 Å². The lowest BCUT2D eigenvalue weighted by Crippen LogP contribution is -1.80. The second-order valence-electron chi connectivity index (χ2n) is 3.47. The molecule has 0 aliphatic carbocycles. The van der Waals surface area contributed by atoms with Crippen LogP contribution in [-0.2, 0) is 0 Å². The Bertz CT molecular complexity index is 663. The Labute approximate surface area is 111 Å². The Hall–Kier alpha value is -1.39. The first-order chi connectivity index (χ1) is 8.24. The van der Waals surface area contributed by atoms with Gasteiger partial charge in [0, 0.05) is 10.7 Å². The minimum Gasteiger partial charge on any atom is -0.434 e. The summed E-state index contributed by atoms with van der Waals surface area (Å²) < 4.78 is 6.53. The molecule has 0 aliphatic heterocycles. The van der Waals surface area contributed by atoms with E-state index in [0.29, 0.717) is 22.1 Å². The lowest BCUT2D eigenvalue weighted by Gasteiger charge is -1.99. The van der Waals surface area contributed by atoms with Crippen LogP contribution in [0.5, 0.6) is 0 Å². The molecule has 2 heterocycles. The van der Waals surface area contributed by atoms with Crippen LogP contribution >= 0.6 is 27.5 Å². The van der Waals surface area contributed by atoms with E-state index in [-0.39, 0.29) is 0 Å². The molecule has 0 amide bonds. The Morgan fingerprint density at radius 1 is 1.24 bits per heavy atom. The van der Waals surface area contributed by atoms with Crippen LogP contribution in [0.25, 0.3) is 22.7 Å². The zero-order valence-electron chi connectivity index (χ0n) is 8.52. The summed E-state index contributed by atoms with van der Waals surface area (Å²) in [7, 11) is 0. The molecule has 0 saturated heterocycles. The molecule has 2 aromatic heterocycles. The zero-order chi connectivity index (χ0) is 11.8. The molecule has 0 bridgehead atoms. The van der Waals surface area contributed by atoms with E-state index in [9.17, 15) is 0 Å². The maximum absolute atomic E-state index is 6.12. The first-order valence-electron chi connectivity index (χ1n) is 4.91. The van der Waals surface area contributed by atoms with Gasteiger partial charge in [-0.25, -0.2) is 4.98 Å². The van der Waals surface area contributed by atoms with Crippen LogP contribution in [0.15, 0.2) is 45.4 Å². The van der Waals surface area contributed by atoms with Gasteiger partial charge in [0.05, 0.1) is 10.6 Å². The van der Waals surface area contributed by atoms with E-state index < -0.39 is 0 Å². The van der Waals surface area contributed by atoms with Crippen molar-refractivity contribution >= 4 is 38.8 Å². The Kier molecular flexibility index (Phi) is 2.61. The number of pyridine rings is 1. The smallest absolute Gasteiger partial charge is 0.230 e. The van der Waals surface area contributed by atoms with E-state index in [2.05, 4.69) is 25.9 Å². The first-order valence-corrected chi connectivity index (χ1v) is 6.08. The van der Waals surface area contributed by atoms with Gasteiger partial charge in [-0.2, -0.15) is 4.98 Å². The minimum atomic E-state index is 0.477. The molecule has 3 aromatic rings. The monoisotopic (exact) mass is 308 g/mol. The molecule has 0 atom stereocenters. The summed E-state index contributed by atoms with van der Waals surface area (Å²) in [5, 5.41) is 0.597. The Morgan fingerprint density at radius 3 is 2.94 bits per heavy atom. The molecule has 84 valence electrons. The number of nitrogens with zero attached hydrogens (tertiary/aromatic N) is 2. The fraction of sp³-hybridized carbons (Fsp3) is 0. The topological polar surface area (TPSA) is 38.9 Å². The third kappa shape index (κ3) is 1.94. The predicted octanol–water partition coefficient (Wildman–Crippen LogP) is 4.31. The van der Waals surface area contributed by atoms with E-state index in [1.807, 2.05) is 18.2 Å². The number of oxazole rings is 1. The van der Waals surface area contributed by atoms with Crippen LogP contribution in [0.1, 0.15) is 0 Å². The predicted molar refractivity (Wildman–Crippen MR) is 70.0 cm³/mol. The highest BCUT2D eigenvalue weighted by atomic mass is 79.9. The number of rotatable bonds is 1. The highest BCUT2D eigenvalue weighted by Gasteiger charge is 2.12. The second kappa shape index (κ2) is 4.13. The molecule has 1 aromatic carbocycles. The van der Waals surface area contributed by atoms with Gasteiger partial charge in [0.25, 0.3) is 0 Å². The van der Waals surface area contributed by atoms with Gasteiger partial charge in [-0.15, -0.1) is 0 Å². The van der Waals surface area contributed by atoms with Gasteiger partial charge >= 0.3 is 0 Å². The molecular formula is C12H6BrClN2O. The summed E-state index contributed by atoms with van der Waals surface area (Å²) in [6.07, 6.45) is 1.68. The highest BCUT2D eigenvalue weighted by Crippen LogP contribution is 2.31. The summed E-state index contributed by atoms with van der Waals surface area (Å²) in [5.41, 5.74) is 1.98. The molecule has 3 nitrogen and oxygen atoms in total. The van der Waals surface area contributed by atoms with Gasteiger partial charge in [0.15, 0.2) is 11.2 Å². The molecule has 0 saturated carbocycles. The largest absolute Gasteiger partial charge is 0.434 e. The lowest BCUT2D eigenvalue weighted by atomic mass is 10.2. The van der Waals surface area contributed by atoms with Crippen LogP contribution < -0.4 is 0 Å². The third-order valence-corrected chi connectivity index (χ3v) is 3.15. The summed E-state index contributed by atoms with van der Waals surface area (Å²) >= 11 is 9.51. The fourth-order valence-corrected chi connectivity index (χ4v) is 2.11. The molecule has 0 spiro atoms. The molecule has 0 N–H and O–H groups in total. The van der Waals surface area contributed by atoms with E-state index in [0.717, 1.165) is 10.0 Å². The highest BCUT2D eigenvalue weighted by molar-refractivity contribution is 9.10. The fourth-order valence-electron chi connectivity index (χ4n) is 1.55. The van der Waals surface area contributed by atoms with E-state index >= 15 is 0 Å². The number of aromatic nitrogens is 2. The molecular weight excluding hydrogens is 304 g/mol. The Balaban J connectivity index is 2.23. The molecule has 5 heteroatoms. The molecule has 0 unspecified atom stereocenters. The van der Waals surface area contributed by atoms with Gasteiger partial charge in [0.2, 0.25) is 5.89 Å². The van der Waals surface area contributed by atoms with Crippen molar-refractivity contribution in [2.45, 2.75) is 0 Å². The minimum absolute atomic E-state index is 0.477. The summed E-state index contributed by atoms with van der Waals surface area (Å²) in [5.74, 6) is 0.477. The van der Waals surface area contributed by atoms with Gasteiger partial charge in [-0.3, -0.25) is 0 Å². The molecule has 0 radical (unpaired) electrons. The molecule has 0 fully saturated rings. The number of hydrogen-bond acceptors (Lipinski definition) is 3. The molecule has 3 rings (SSSR count). The van der Waals surface area contributed by atoms with E-state index in [1.54, 1.807) is 18.3 Å². The number of fused-ring (bicyclic) bond motifs is 1. The SMILES string of the molecule is Clc1ccc(Br)cc1-c1nc2ncccc2o1. The second-order valence-corrected chi connectivity index (χ2v) is 4.79. The maximum atomic E-state index is 6.12. The van der Waals surface area contributed by atoms with Gasteiger partial charge in [-0.1, -0.05) is 27.5 Å². The van der Waals surface area contributed by atoms with Gasteiger partial charge < -0.3 is 4.42 Å². The van der Waals surface area contributed by atoms with Crippen molar-refractivity contribution in [3.8, 4) is 11.5 Å². The van der Waals surface area contributed by atoms with E-state index in [4.69, 9.17) is 16.0 Å². The van der Waals surface area contributed by atoms with Crippen LogP contribution in [0.2, 0.25) is 5.02 Å². The Morgan fingerprint density at radius 2 is 2.12 bits per heavy atom. The van der Waals surface area contributed by atoms with E-state index in [1.165, 1.54) is 0 Å². The number of halogens is 2. The lowest BCUT2D eigenvalue weighted by molar-refractivity contribution is 0.619. The van der Waals surface area contributed by atoms with Crippen molar-refractivity contribution in [2.24, 2.45) is 0 Å². The van der Waals surface area contributed by atoms with Crippen molar-refractivity contribution in [2.75, 3.05) is 0 Å². The van der Waals surface area contributed by atoms with Crippen molar-refractivity contribution in [1.82, 2.24) is 9.97 Å². The standard InChI is InChI=1S/C12H6BrClN2O/c13-7-3-4-9(14)8(6-7)12-16-11-10(17-12)2-1-5-15-11/h1-6H. The summed E-state index contributed by atoms with van der Waals surface area (Å²) in [4.78, 5) is 8.42. The van der Waals surface area contributed by atoms with Crippen LogP contribution in [0, 0.1) is 0 Å². The molecule has 0 aliphatic rings. The van der Waals surface area contributed by atoms with Crippen molar-refractivity contribution in [3.63, 3.8) is 0 Å². The normalized spacial score (nSPS) is 10.9. The summed E-state index contributed by atoms with van der Waals surface area (Å²) in [6, 6.07) is 9.16.